The van der Waals surface area contributed by atoms with Gasteiger partial charge in [-0.15, -0.1) is 0 Å². The first-order chi connectivity index (χ1) is 5.66. The summed E-state index contributed by atoms with van der Waals surface area (Å²) in [5.41, 5.74) is 0. The third kappa shape index (κ3) is 7.25. The second-order valence-electron chi connectivity index (χ2n) is 2.98. The van der Waals surface area contributed by atoms with Gasteiger partial charge in [-0.05, 0) is 18.8 Å². The van der Waals surface area contributed by atoms with Gasteiger partial charge in [0, 0.05) is 13.3 Å². The Bertz CT molecular complexity index is 143. The average molecular weight is 172 g/mol. The van der Waals surface area contributed by atoms with Crippen LogP contribution in [0.1, 0.15) is 33.1 Å². The van der Waals surface area contributed by atoms with Crippen molar-refractivity contribution in [2.24, 2.45) is 5.92 Å². The first kappa shape index (κ1) is 11.1. The maximum Gasteiger partial charge on any atom is 0.302 e. The quantitative estimate of drug-likeness (QED) is 0.451. The highest BCUT2D eigenvalue weighted by Crippen LogP contribution is 2.08. The van der Waals surface area contributed by atoms with E-state index in [1.807, 2.05) is 6.92 Å². The number of ether oxygens (including phenoxy) is 1. The topological polar surface area (TPSA) is 43.4 Å². The van der Waals surface area contributed by atoms with Crippen molar-refractivity contribution in [1.29, 1.82) is 0 Å². The summed E-state index contributed by atoms with van der Waals surface area (Å²) < 4.78 is 4.77. The van der Waals surface area contributed by atoms with E-state index in [1.165, 1.54) is 6.92 Å². The molecule has 3 heteroatoms. The smallest absolute Gasteiger partial charge is 0.302 e. The molecule has 0 aromatic heterocycles. The molecule has 0 fully saturated rings. The van der Waals surface area contributed by atoms with Gasteiger partial charge in [-0.25, -0.2) is 0 Å². The fourth-order valence-electron chi connectivity index (χ4n) is 0.901. The highest BCUT2D eigenvalue weighted by molar-refractivity contribution is 5.65. The lowest BCUT2D eigenvalue weighted by Gasteiger charge is -2.08. The molecule has 0 aliphatic carbocycles. The Kier molecular flexibility index (Phi) is 6.34. The maximum atomic E-state index is 10.4. The molecule has 0 saturated carbocycles. The standard InChI is InChI=1S/C9H16O3/c1-8(4-3-6-10)5-7-12-9(2)11/h6,8H,3-5,7H2,1-2H3. The molecule has 1 atom stereocenters. The normalized spacial score (nSPS) is 12.2. The molecular formula is C9H16O3. The van der Waals surface area contributed by atoms with E-state index in [4.69, 9.17) is 4.74 Å². The SMILES string of the molecule is CC(=O)OCCC(C)CCC=O. The highest BCUT2D eigenvalue weighted by Gasteiger charge is 2.02. The second-order valence-corrected chi connectivity index (χ2v) is 2.98. The Hall–Kier alpha value is -0.860. The van der Waals surface area contributed by atoms with Gasteiger partial charge in [0.05, 0.1) is 6.61 Å². The summed E-state index contributed by atoms with van der Waals surface area (Å²) >= 11 is 0. The van der Waals surface area contributed by atoms with Gasteiger partial charge in [-0.3, -0.25) is 4.79 Å². The van der Waals surface area contributed by atoms with Crippen molar-refractivity contribution >= 4 is 12.3 Å². The zero-order valence-corrected chi connectivity index (χ0v) is 7.71. The van der Waals surface area contributed by atoms with Crippen LogP contribution in [0.4, 0.5) is 0 Å². The predicted molar refractivity (Wildman–Crippen MR) is 45.7 cm³/mol. The predicted octanol–water partition coefficient (Wildman–Crippen LogP) is 1.55. The summed E-state index contributed by atoms with van der Waals surface area (Å²) in [7, 11) is 0. The Morgan fingerprint density at radius 3 is 2.67 bits per heavy atom. The molecule has 0 amide bonds. The van der Waals surface area contributed by atoms with Gasteiger partial charge in [-0.1, -0.05) is 6.92 Å². The van der Waals surface area contributed by atoms with E-state index in [9.17, 15) is 9.59 Å². The average Bonchev–Trinajstić information content (AvgIpc) is 2.00. The van der Waals surface area contributed by atoms with Crippen molar-refractivity contribution in [3.63, 3.8) is 0 Å². The number of carbonyl (C=O) groups is 2. The van der Waals surface area contributed by atoms with Crippen LogP contribution in [0, 0.1) is 5.92 Å². The maximum absolute atomic E-state index is 10.4. The van der Waals surface area contributed by atoms with Gasteiger partial charge >= 0.3 is 5.97 Å². The van der Waals surface area contributed by atoms with E-state index in [-0.39, 0.29) is 5.97 Å². The first-order valence-corrected chi connectivity index (χ1v) is 4.23. The highest BCUT2D eigenvalue weighted by atomic mass is 16.5. The summed E-state index contributed by atoms with van der Waals surface area (Å²) in [6, 6.07) is 0. The van der Waals surface area contributed by atoms with Crippen LogP contribution in [0.5, 0.6) is 0 Å². The fraction of sp³-hybridized carbons (Fsp3) is 0.778. The van der Waals surface area contributed by atoms with E-state index in [0.29, 0.717) is 18.9 Å². The second kappa shape index (κ2) is 6.83. The van der Waals surface area contributed by atoms with Crippen molar-refractivity contribution in [2.45, 2.75) is 33.1 Å². The molecule has 0 saturated heterocycles. The number of rotatable bonds is 6. The van der Waals surface area contributed by atoms with Gasteiger partial charge in [0.15, 0.2) is 0 Å². The van der Waals surface area contributed by atoms with Crippen LogP contribution in [0.15, 0.2) is 0 Å². The molecular weight excluding hydrogens is 156 g/mol. The Morgan fingerprint density at radius 1 is 1.50 bits per heavy atom. The number of carbonyl (C=O) groups excluding carboxylic acids is 2. The van der Waals surface area contributed by atoms with Gasteiger partial charge in [0.25, 0.3) is 0 Å². The lowest BCUT2D eigenvalue weighted by molar-refractivity contribution is -0.141. The molecule has 0 aromatic carbocycles. The van der Waals surface area contributed by atoms with Crippen molar-refractivity contribution in [2.75, 3.05) is 6.61 Å². The molecule has 3 nitrogen and oxygen atoms in total. The monoisotopic (exact) mass is 172 g/mol. The lowest BCUT2D eigenvalue weighted by Crippen LogP contribution is -2.05. The molecule has 0 rings (SSSR count). The van der Waals surface area contributed by atoms with Crippen molar-refractivity contribution in [1.82, 2.24) is 0 Å². The zero-order chi connectivity index (χ0) is 9.40. The summed E-state index contributed by atoms with van der Waals surface area (Å²) in [5.74, 6) is 0.215. The Labute approximate surface area is 73.1 Å². The van der Waals surface area contributed by atoms with Crippen LogP contribution >= 0.6 is 0 Å². The minimum absolute atomic E-state index is 0.238. The molecule has 1 unspecified atom stereocenters. The molecule has 0 radical (unpaired) electrons. The minimum Gasteiger partial charge on any atom is -0.466 e. The molecule has 12 heavy (non-hydrogen) atoms. The number of hydrogen-bond acceptors (Lipinski definition) is 3. The third-order valence-corrected chi connectivity index (χ3v) is 1.69. The molecule has 0 bridgehead atoms. The summed E-state index contributed by atoms with van der Waals surface area (Å²) in [6.45, 7) is 3.92. The van der Waals surface area contributed by atoms with E-state index < -0.39 is 0 Å². The van der Waals surface area contributed by atoms with Crippen molar-refractivity contribution < 1.29 is 14.3 Å². The van der Waals surface area contributed by atoms with E-state index in [2.05, 4.69) is 0 Å². The van der Waals surface area contributed by atoms with Crippen LogP contribution in [0.3, 0.4) is 0 Å². The zero-order valence-electron chi connectivity index (χ0n) is 7.71. The molecule has 0 aliphatic heterocycles. The van der Waals surface area contributed by atoms with E-state index in [1.54, 1.807) is 0 Å². The van der Waals surface area contributed by atoms with Gasteiger partial charge < -0.3 is 9.53 Å². The largest absolute Gasteiger partial charge is 0.466 e. The molecule has 0 N–H and O–H groups in total. The van der Waals surface area contributed by atoms with Crippen LogP contribution < -0.4 is 0 Å². The van der Waals surface area contributed by atoms with Crippen LogP contribution in [0.2, 0.25) is 0 Å². The number of aldehydes is 1. The van der Waals surface area contributed by atoms with Crippen LogP contribution in [-0.4, -0.2) is 18.9 Å². The molecule has 0 heterocycles. The van der Waals surface area contributed by atoms with Crippen molar-refractivity contribution in [3.05, 3.63) is 0 Å². The van der Waals surface area contributed by atoms with E-state index in [0.717, 1.165) is 19.1 Å². The molecule has 70 valence electrons. The van der Waals surface area contributed by atoms with Gasteiger partial charge in [0.2, 0.25) is 0 Å². The molecule has 0 aliphatic rings. The Morgan fingerprint density at radius 2 is 2.17 bits per heavy atom. The lowest BCUT2D eigenvalue weighted by atomic mass is 10.0. The van der Waals surface area contributed by atoms with Crippen LogP contribution in [-0.2, 0) is 14.3 Å². The number of hydrogen-bond donors (Lipinski definition) is 0. The first-order valence-electron chi connectivity index (χ1n) is 4.23. The Balaban J connectivity index is 3.24. The molecule has 0 spiro atoms. The summed E-state index contributed by atoms with van der Waals surface area (Å²) in [4.78, 5) is 20.4. The number of esters is 1. The van der Waals surface area contributed by atoms with Gasteiger partial charge in [-0.2, -0.15) is 0 Å². The van der Waals surface area contributed by atoms with E-state index >= 15 is 0 Å². The van der Waals surface area contributed by atoms with Gasteiger partial charge in [0.1, 0.15) is 6.29 Å². The fourth-order valence-corrected chi connectivity index (χ4v) is 0.901. The summed E-state index contributed by atoms with van der Waals surface area (Å²) in [5, 5.41) is 0. The molecule has 0 aromatic rings. The van der Waals surface area contributed by atoms with Crippen LogP contribution in [0.25, 0.3) is 0 Å². The van der Waals surface area contributed by atoms with Crippen molar-refractivity contribution in [3.8, 4) is 0 Å². The minimum atomic E-state index is -0.238. The summed E-state index contributed by atoms with van der Waals surface area (Å²) in [6.07, 6.45) is 3.24. The third-order valence-electron chi connectivity index (χ3n) is 1.69.